The van der Waals surface area contributed by atoms with Crippen LogP contribution in [-0.4, -0.2) is 24.2 Å². The lowest BCUT2D eigenvalue weighted by molar-refractivity contribution is -0.142. The maximum atomic E-state index is 11.7. The molecule has 4 nitrogen and oxygen atoms in total. The number of nitrogens with two attached hydrogens (primary N) is 1. The van der Waals surface area contributed by atoms with Crippen LogP contribution in [0.3, 0.4) is 0 Å². The lowest BCUT2D eigenvalue weighted by atomic mass is 9.99. The first kappa shape index (κ1) is 11.7. The molecule has 0 amide bonds. The summed E-state index contributed by atoms with van der Waals surface area (Å²) in [5.74, 6) is -0.685. The van der Waals surface area contributed by atoms with Crippen LogP contribution in [-0.2, 0) is 16.6 Å². The van der Waals surface area contributed by atoms with Crippen LogP contribution in [0.2, 0.25) is 0 Å². The predicted molar refractivity (Wildman–Crippen MR) is 66.7 cm³/mol. The minimum atomic E-state index is -0.397. The van der Waals surface area contributed by atoms with Crippen molar-refractivity contribution in [2.75, 3.05) is 13.7 Å². The van der Waals surface area contributed by atoms with Gasteiger partial charge < -0.3 is 15.0 Å². The second-order valence-electron chi connectivity index (χ2n) is 4.02. The molecule has 90 valence electrons. The minimum Gasteiger partial charge on any atom is -0.469 e. The number of ether oxygens (including phenoxy) is 1. The summed E-state index contributed by atoms with van der Waals surface area (Å²) in [5.41, 5.74) is 7.69. The molecule has 0 saturated carbocycles. The molecule has 2 rings (SSSR count). The van der Waals surface area contributed by atoms with Gasteiger partial charge in [0.1, 0.15) is 0 Å². The summed E-state index contributed by atoms with van der Waals surface area (Å²) in [7, 11) is 3.34. The SMILES string of the molecule is COC(=O)C(CN)c1cn(C)c2ccccc12. The Bertz CT molecular complexity index is 545. The second kappa shape index (κ2) is 4.59. The van der Waals surface area contributed by atoms with E-state index in [4.69, 9.17) is 10.5 Å². The van der Waals surface area contributed by atoms with E-state index in [9.17, 15) is 4.79 Å². The molecule has 17 heavy (non-hydrogen) atoms. The molecule has 1 aromatic carbocycles. The number of aryl methyl sites for hydroxylation is 1. The third-order valence-corrected chi connectivity index (χ3v) is 3.02. The van der Waals surface area contributed by atoms with E-state index in [0.29, 0.717) is 0 Å². The van der Waals surface area contributed by atoms with Crippen molar-refractivity contribution < 1.29 is 9.53 Å². The van der Waals surface area contributed by atoms with Gasteiger partial charge in [-0.15, -0.1) is 0 Å². The molecule has 1 atom stereocenters. The van der Waals surface area contributed by atoms with E-state index in [1.165, 1.54) is 7.11 Å². The average molecular weight is 232 g/mol. The largest absolute Gasteiger partial charge is 0.469 e. The van der Waals surface area contributed by atoms with Crippen LogP contribution in [0.1, 0.15) is 11.5 Å². The molecular weight excluding hydrogens is 216 g/mol. The Morgan fingerprint density at radius 1 is 1.47 bits per heavy atom. The standard InChI is InChI=1S/C13H16N2O2/c1-15-8-11(10(7-14)13(16)17-2)9-5-3-4-6-12(9)15/h3-6,8,10H,7,14H2,1-2H3. The van der Waals surface area contributed by atoms with Crippen molar-refractivity contribution in [1.29, 1.82) is 0 Å². The van der Waals surface area contributed by atoms with E-state index in [0.717, 1.165) is 16.5 Å². The van der Waals surface area contributed by atoms with Gasteiger partial charge in [0.05, 0.1) is 13.0 Å². The Hall–Kier alpha value is -1.81. The fourth-order valence-electron chi connectivity index (χ4n) is 2.14. The predicted octanol–water partition coefficient (Wildman–Crippen LogP) is 1.39. The monoisotopic (exact) mass is 232 g/mol. The molecule has 1 unspecified atom stereocenters. The zero-order chi connectivity index (χ0) is 12.4. The number of esters is 1. The van der Waals surface area contributed by atoms with Gasteiger partial charge in [0.15, 0.2) is 0 Å². The van der Waals surface area contributed by atoms with E-state index < -0.39 is 5.92 Å². The maximum absolute atomic E-state index is 11.7. The van der Waals surface area contributed by atoms with Gasteiger partial charge in [0.25, 0.3) is 0 Å². The second-order valence-corrected chi connectivity index (χ2v) is 4.02. The fraction of sp³-hybridized carbons (Fsp3) is 0.308. The Balaban J connectivity index is 2.58. The lowest BCUT2D eigenvalue weighted by Crippen LogP contribution is -2.22. The number of aromatic nitrogens is 1. The van der Waals surface area contributed by atoms with E-state index in [1.807, 2.05) is 42.1 Å². The molecular formula is C13H16N2O2. The molecule has 0 aliphatic rings. The smallest absolute Gasteiger partial charge is 0.314 e. The summed E-state index contributed by atoms with van der Waals surface area (Å²) in [5, 5.41) is 1.05. The number of hydrogen-bond acceptors (Lipinski definition) is 3. The number of methoxy groups -OCH3 is 1. The van der Waals surface area contributed by atoms with Crippen LogP contribution < -0.4 is 5.73 Å². The maximum Gasteiger partial charge on any atom is 0.314 e. The van der Waals surface area contributed by atoms with Gasteiger partial charge in [-0.1, -0.05) is 18.2 Å². The molecule has 2 aromatic rings. The number of benzene rings is 1. The summed E-state index contributed by atoms with van der Waals surface area (Å²) >= 11 is 0. The van der Waals surface area contributed by atoms with Gasteiger partial charge in [-0.3, -0.25) is 4.79 Å². The molecule has 2 N–H and O–H groups in total. The van der Waals surface area contributed by atoms with Crippen LogP contribution >= 0.6 is 0 Å². The topological polar surface area (TPSA) is 57.2 Å². The number of hydrogen-bond donors (Lipinski definition) is 1. The van der Waals surface area contributed by atoms with Crippen LogP contribution in [0.15, 0.2) is 30.5 Å². The summed E-state index contributed by atoms with van der Waals surface area (Å²) in [6.07, 6.45) is 1.94. The third-order valence-electron chi connectivity index (χ3n) is 3.02. The lowest BCUT2D eigenvalue weighted by Gasteiger charge is -2.11. The molecule has 0 radical (unpaired) electrons. The first-order chi connectivity index (χ1) is 8.19. The van der Waals surface area contributed by atoms with Crippen LogP contribution in [0.4, 0.5) is 0 Å². The summed E-state index contributed by atoms with van der Waals surface area (Å²) in [6.45, 7) is 0.251. The Kier molecular flexibility index (Phi) is 3.15. The molecule has 0 fully saturated rings. The van der Waals surface area contributed by atoms with Gasteiger partial charge in [-0.05, 0) is 11.6 Å². The summed E-state index contributed by atoms with van der Waals surface area (Å²) in [6, 6.07) is 7.94. The molecule has 0 saturated heterocycles. The Morgan fingerprint density at radius 2 is 2.18 bits per heavy atom. The van der Waals surface area contributed by atoms with Crippen LogP contribution in [0.25, 0.3) is 10.9 Å². The highest BCUT2D eigenvalue weighted by Gasteiger charge is 2.23. The number of carbonyl (C=O) groups is 1. The number of carbonyl (C=O) groups excluding carboxylic acids is 1. The molecule has 1 aromatic heterocycles. The zero-order valence-corrected chi connectivity index (χ0v) is 10.0. The average Bonchev–Trinajstić information content (AvgIpc) is 2.68. The highest BCUT2D eigenvalue weighted by atomic mass is 16.5. The minimum absolute atomic E-state index is 0.251. The van der Waals surface area contributed by atoms with Gasteiger partial charge in [-0.25, -0.2) is 0 Å². The van der Waals surface area contributed by atoms with Crippen molar-refractivity contribution in [3.8, 4) is 0 Å². The van der Waals surface area contributed by atoms with Crippen molar-refractivity contribution in [2.24, 2.45) is 12.8 Å². The fourth-order valence-corrected chi connectivity index (χ4v) is 2.14. The number of fused-ring (bicyclic) bond motifs is 1. The molecule has 4 heteroatoms. The van der Waals surface area contributed by atoms with Crippen molar-refractivity contribution in [3.63, 3.8) is 0 Å². The summed E-state index contributed by atoms with van der Waals surface area (Å²) < 4.78 is 6.78. The van der Waals surface area contributed by atoms with E-state index >= 15 is 0 Å². The van der Waals surface area contributed by atoms with E-state index in [1.54, 1.807) is 0 Å². The Labute approximate surface area is 100.0 Å². The van der Waals surface area contributed by atoms with E-state index in [2.05, 4.69) is 0 Å². The van der Waals surface area contributed by atoms with Crippen molar-refractivity contribution >= 4 is 16.9 Å². The number of para-hydroxylation sites is 1. The van der Waals surface area contributed by atoms with Gasteiger partial charge in [0.2, 0.25) is 0 Å². The third kappa shape index (κ3) is 1.91. The molecule has 0 aliphatic heterocycles. The number of nitrogens with zero attached hydrogens (tertiary/aromatic N) is 1. The molecule has 0 aliphatic carbocycles. The Morgan fingerprint density at radius 3 is 2.82 bits per heavy atom. The van der Waals surface area contributed by atoms with Gasteiger partial charge in [-0.2, -0.15) is 0 Å². The number of rotatable bonds is 3. The van der Waals surface area contributed by atoms with E-state index in [-0.39, 0.29) is 12.5 Å². The van der Waals surface area contributed by atoms with Crippen LogP contribution in [0, 0.1) is 0 Å². The molecule has 0 spiro atoms. The molecule has 0 bridgehead atoms. The van der Waals surface area contributed by atoms with Crippen molar-refractivity contribution in [2.45, 2.75) is 5.92 Å². The van der Waals surface area contributed by atoms with Crippen LogP contribution in [0.5, 0.6) is 0 Å². The summed E-state index contributed by atoms with van der Waals surface area (Å²) in [4.78, 5) is 11.7. The van der Waals surface area contributed by atoms with Crippen molar-refractivity contribution in [3.05, 3.63) is 36.0 Å². The first-order valence-electron chi connectivity index (χ1n) is 5.51. The van der Waals surface area contributed by atoms with Gasteiger partial charge >= 0.3 is 5.97 Å². The highest BCUT2D eigenvalue weighted by Crippen LogP contribution is 2.27. The normalized spacial score (nSPS) is 12.6. The molecule has 1 heterocycles. The van der Waals surface area contributed by atoms with Crippen molar-refractivity contribution in [1.82, 2.24) is 4.57 Å². The zero-order valence-electron chi connectivity index (χ0n) is 10.0. The van der Waals surface area contributed by atoms with Gasteiger partial charge in [0, 0.05) is 30.7 Å². The first-order valence-corrected chi connectivity index (χ1v) is 5.51. The highest BCUT2D eigenvalue weighted by molar-refractivity contribution is 5.90. The quantitative estimate of drug-likeness (QED) is 0.814.